The van der Waals surface area contributed by atoms with E-state index < -0.39 is 0 Å². The molecule has 1 fully saturated rings. The summed E-state index contributed by atoms with van der Waals surface area (Å²) in [6.07, 6.45) is 3.72. The van der Waals surface area contributed by atoms with Crippen LogP contribution < -0.4 is 16.2 Å². The molecular formula is C19H27N5O3. The molecule has 2 aromatic rings. The van der Waals surface area contributed by atoms with Crippen LogP contribution in [-0.4, -0.2) is 47.0 Å². The first kappa shape index (κ1) is 19.2. The molecule has 1 atom stereocenters. The first-order valence-corrected chi connectivity index (χ1v) is 9.47. The van der Waals surface area contributed by atoms with Gasteiger partial charge in [0, 0.05) is 24.8 Å². The van der Waals surface area contributed by atoms with Gasteiger partial charge in [0.1, 0.15) is 5.76 Å². The summed E-state index contributed by atoms with van der Waals surface area (Å²) in [7, 11) is 0. The molecule has 8 heteroatoms. The Labute approximate surface area is 158 Å². The molecule has 1 saturated heterocycles. The van der Waals surface area contributed by atoms with E-state index >= 15 is 0 Å². The highest BCUT2D eigenvalue weighted by Gasteiger charge is 2.22. The van der Waals surface area contributed by atoms with E-state index in [0.29, 0.717) is 30.5 Å². The number of carbonyl (C=O) groups excluding carboxylic acids is 1. The van der Waals surface area contributed by atoms with Crippen molar-refractivity contribution in [3.8, 4) is 0 Å². The van der Waals surface area contributed by atoms with Crippen molar-refractivity contribution in [1.29, 1.82) is 0 Å². The van der Waals surface area contributed by atoms with Gasteiger partial charge in [0.15, 0.2) is 5.76 Å². The summed E-state index contributed by atoms with van der Waals surface area (Å²) < 4.78 is 5.77. The fraction of sp³-hybridized carbons (Fsp3) is 0.526. The quantitative estimate of drug-likeness (QED) is 0.642. The Hall–Kier alpha value is -2.61. The number of aryl methyl sites for hydroxylation is 1. The molecule has 3 rings (SSSR count). The van der Waals surface area contributed by atoms with Crippen LogP contribution in [0.4, 0.5) is 5.95 Å². The van der Waals surface area contributed by atoms with Crippen molar-refractivity contribution in [2.24, 2.45) is 0 Å². The van der Waals surface area contributed by atoms with E-state index in [-0.39, 0.29) is 17.5 Å². The number of amides is 1. The third kappa shape index (κ3) is 5.19. The van der Waals surface area contributed by atoms with E-state index in [9.17, 15) is 9.59 Å². The van der Waals surface area contributed by atoms with Crippen molar-refractivity contribution in [2.45, 2.75) is 39.2 Å². The molecule has 0 bridgehead atoms. The standard InChI is InChI=1S/C19H27N5O3/c1-13-12-17(25)23-19(22-13)21-9-8-20-18(26)16-7-6-15(27-16)14(2)24-10-4-3-5-11-24/h6-7,12,14H,3-5,8-11H2,1-2H3,(H,20,26)(H2,21,22,23,25). The molecule has 0 spiro atoms. The van der Waals surface area contributed by atoms with E-state index in [2.05, 4.69) is 32.4 Å². The van der Waals surface area contributed by atoms with Crippen molar-refractivity contribution in [1.82, 2.24) is 20.2 Å². The zero-order valence-electron chi connectivity index (χ0n) is 15.9. The minimum atomic E-state index is -0.250. The number of nitrogens with one attached hydrogen (secondary N) is 3. The highest BCUT2D eigenvalue weighted by atomic mass is 16.4. The minimum absolute atomic E-state index is 0.178. The Balaban J connectivity index is 1.47. The second-order valence-electron chi connectivity index (χ2n) is 6.89. The van der Waals surface area contributed by atoms with E-state index in [1.54, 1.807) is 13.0 Å². The smallest absolute Gasteiger partial charge is 0.287 e. The normalized spacial score (nSPS) is 16.1. The molecular weight excluding hydrogens is 346 g/mol. The maximum atomic E-state index is 12.3. The number of furan rings is 1. The van der Waals surface area contributed by atoms with Crippen LogP contribution in [0.1, 0.15) is 54.2 Å². The number of aromatic nitrogens is 2. The maximum Gasteiger partial charge on any atom is 0.287 e. The van der Waals surface area contributed by atoms with Gasteiger partial charge < -0.3 is 15.1 Å². The van der Waals surface area contributed by atoms with Crippen LogP contribution in [-0.2, 0) is 0 Å². The SMILES string of the molecule is Cc1cc(=O)[nH]c(NCCNC(=O)c2ccc(C(C)N3CCCCC3)o2)n1. The summed E-state index contributed by atoms with van der Waals surface area (Å²) in [5, 5.41) is 5.78. The minimum Gasteiger partial charge on any atom is -0.454 e. The van der Waals surface area contributed by atoms with Crippen molar-refractivity contribution in [3.63, 3.8) is 0 Å². The lowest BCUT2D eigenvalue weighted by molar-refractivity contribution is 0.0918. The molecule has 3 N–H and O–H groups in total. The van der Waals surface area contributed by atoms with Gasteiger partial charge in [-0.25, -0.2) is 4.98 Å². The molecule has 3 heterocycles. The Morgan fingerprint density at radius 3 is 2.81 bits per heavy atom. The van der Waals surface area contributed by atoms with Gasteiger partial charge in [-0.1, -0.05) is 6.42 Å². The molecule has 1 amide bonds. The number of rotatable bonds is 7. The molecule has 8 nitrogen and oxygen atoms in total. The van der Waals surface area contributed by atoms with Gasteiger partial charge >= 0.3 is 0 Å². The van der Waals surface area contributed by atoms with Gasteiger partial charge in [0.25, 0.3) is 11.5 Å². The van der Waals surface area contributed by atoms with Crippen molar-refractivity contribution in [2.75, 3.05) is 31.5 Å². The van der Waals surface area contributed by atoms with Gasteiger partial charge in [0.2, 0.25) is 5.95 Å². The summed E-state index contributed by atoms with van der Waals surface area (Å²) >= 11 is 0. The first-order valence-electron chi connectivity index (χ1n) is 9.47. The molecule has 0 saturated carbocycles. The molecule has 0 radical (unpaired) electrons. The van der Waals surface area contributed by atoms with Crippen LogP contribution in [0.3, 0.4) is 0 Å². The van der Waals surface area contributed by atoms with Crippen molar-refractivity contribution in [3.05, 3.63) is 45.8 Å². The fourth-order valence-electron chi connectivity index (χ4n) is 3.29. The number of hydrogen-bond donors (Lipinski definition) is 3. The highest BCUT2D eigenvalue weighted by molar-refractivity contribution is 5.91. The lowest BCUT2D eigenvalue weighted by Gasteiger charge is -2.31. The van der Waals surface area contributed by atoms with Crippen LogP contribution in [0.15, 0.2) is 27.4 Å². The van der Waals surface area contributed by atoms with Gasteiger partial charge in [-0.15, -0.1) is 0 Å². The van der Waals surface area contributed by atoms with Gasteiger partial charge in [-0.2, -0.15) is 0 Å². The van der Waals surface area contributed by atoms with Crippen molar-refractivity contribution >= 4 is 11.9 Å². The van der Waals surface area contributed by atoms with Crippen LogP contribution >= 0.6 is 0 Å². The summed E-state index contributed by atoms with van der Waals surface area (Å²) in [6, 6.07) is 5.20. The van der Waals surface area contributed by atoms with E-state index in [1.807, 2.05) is 6.07 Å². The molecule has 27 heavy (non-hydrogen) atoms. The first-order chi connectivity index (χ1) is 13.0. The predicted octanol–water partition coefficient (Wildman–Crippen LogP) is 2.06. The average molecular weight is 373 g/mol. The highest BCUT2D eigenvalue weighted by Crippen LogP contribution is 2.25. The lowest BCUT2D eigenvalue weighted by atomic mass is 10.1. The molecule has 0 aromatic carbocycles. The lowest BCUT2D eigenvalue weighted by Crippen LogP contribution is -2.32. The number of likely N-dealkylation sites (tertiary alicyclic amines) is 1. The van der Waals surface area contributed by atoms with Crippen molar-refractivity contribution < 1.29 is 9.21 Å². The Morgan fingerprint density at radius 1 is 1.30 bits per heavy atom. The number of aromatic amines is 1. The molecule has 146 valence electrons. The van der Waals surface area contributed by atoms with E-state index in [1.165, 1.54) is 25.3 Å². The largest absolute Gasteiger partial charge is 0.454 e. The Morgan fingerprint density at radius 2 is 2.07 bits per heavy atom. The van der Waals surface area contributed by atoms with E-state index in [4.69, 9.17) is 4.42 Å². The summed E-state index contributed by atoms with van der Waals surface area (Å²) in [6.45, 7) is 6.84. The topological polar surface area (TPSA) is 103 Å². The molecule has 2 aromatic heterocycles. The number of hydrogen-bond acceptors (Lipinski definition) is 6. The summed E-state index contributed by atoms with van der Waals surface area (Å²) in [5.41, 5.74) is 0.427. The van der Waals surface area contributed by atoms with E-state index in [0.717, 1.165) is 18.8 Å². The second kappa shape index (κ2) is 8.85. The third-order valence-corrected chi connectivity index (χ3v) is 4.77. The fourth-order valence-corrected chi connectivity index (χ4v) is 3.29. The summed E-state index contributed by atoms with van der Waals surface area (Å²) in [5.74, 6) is 1.28. The van der Waals surface area contributed by atoms with Gasteiger partial charge in [-0.3, -0.25) is 19.5 Å². The van der Waals surface area contributed by atoms with Crippen LogP contribution in [0, 0.1) is 6.92 Å². The zero-order chi connectivity index (χ0) is 19.2. The van der Waals surface area contributed by atoms with Crippen LogP contribution in [0.5, 0.6) is 0 Å². The summed E-state index contributed by atoms with van der Waals surface area (Å²) in [4.78, 5) is 32.8. The zero-order valence-corrected chi connectivity index (χ0v) is 15.9. The number of nitrogens with zero attached hydrogens (tertiary/aromatic N) is 2. The second-order valence-corrected chi connectivity index (χ2v) is 6.89. The monoisotopic (exact) mass is 373 g/mol. The molecule has 0 aliphatic carbocycles. The third-order valence-electron chi connectivity index (χ3n) is 4.77. The number of anilines is 1. The molecule has 1 unspecified atom stereocenters. The number of carbonyl (C=O) groups is 1. The van der Waals surface area contributed by atoms with Gasteiger partial charge in [0.05, 0.1) is 6.04 Å². The Bertz CT molecular complexity index is 823. The molecule has 1 aliphatic rings. The predicted molar refractivity (Wildman–Crippen MR) is 103 cm³/mol. The van der Waals surface area contributed by atoms with Crippen LogP contribution in [0.25, 0.3) is 0 Å². The van der Waals surface area contributed by atoms with Gasteiger partial charge in [-0.05, 0) is 51.9 Å². The Kier molecular flexibility index (Phi) is 6.28. The average Bonchev–Trinajstić information content (AvgIpc) is 3.15. The number of piperidine rings is 1. The maximum absolute atomic E-state index is 12.3. The molecule has 1 aliphatic heterocycles. The van der Waals surface area contributed by atoms with Crippen LogP contribution in [0.2, 0.25) is 0 Å². The number of H-pyrrole nitrogens is 1.